The Bertz CT molecular complexity index is 820. The standard InChI is InChI=1S/C24H33N3O3/c1-16-6-5-7-17-14-19-21(22(28)24(16,17)2)18(23(29)30-19)15-26-10-12-27(13-11-26)20-8-3-4-9-25-20/h3-4,7-9,16,18-19,21-22,28H,5-6,10-15H2,1-2H3/t16-,18-,19-,21+,22+,24-/m1/s1. The van der Waals surface area contributed by atoms with Gasteiger partial charge < -0.3 is 14.7 Å². The van der Waals surface area contributed by atoms with Gasteiger partial charge in [0.05, 0.1) is 12.0 Å². The van der Waals surface area contributed by atoms with E-state index in [0.29, 0.717) is 12.5 Å². The van der Waals surface area contributed by atoms with E-state index in [1.165, 1.54) is 5.57 Å². The molecule has 0 bridgehead atoms. The maximum absolute atomic E-state index is 12.8. The number of carbonyl (C=O) groups excluding carboxylic acids is 1. The van der Waals surface area contributed by atoms with E-state index in [1.807, 2.05) is 24.4 Å². The van der Waals surface area contributed by atoms with Crippen LogP contribution in [-0.4, -0.2) is 65.9 Å². The Kier molecular flexibility index (Phi) is 5.10. The van der Waals surface area contributed by atoms with Crippen LogP contribution in [0.2, 0.25) is 0 Å². The van der Waals surface area contributed by atoms with Gasteiger partial charge in [0.1, 0.15) is 11.9 Å². The van der Waals surface area contributed by atoms with E-state index in [4.69, 9.17) is 4.74 Å². The van der Waals surface area contributed by atoms with Crippen LogP contribution >= 0.6 is 0 Å². The molecule has 30 heavy (non-hydrogen) atoms. The average Bonchev–Trinajstić information content (AvgIpc) is 3.07. The lowest BCUT2D eigenvalue weighted by molar-refractivity contribution is -0.145. The highest BCUT2D eigenvalue weighted by atomic mass is 16.6. The van der Waals surface area contributed by atoms with E-state index < -0.39 is 6.10 Å². The Balaban J connectivity index is 1.28. The molecule has 1 aromatic heterocycles. The lowest BCUT2D eigenvalue weighted by atomic mass is 9.55. The molecule has 3 heterocycles. The first-order valence-corrected chi connectivity index (χ1v) is 11.4. The van der Waals surface area contributed by atoms with Crippen molar-refractivity contribution in [3.63, 3.8) is 0 Å². The van der Waals surface area contributed by atoms with Crippen LogP contribution in [0.15, 0.2) is 36.0 Å². The lowest BCUT2D eigenvalue weighted by Gasteiger charge is -2.52. The van der Waals surface area contributed by atoms with Gasteiger partial charge in [-0.25, -0.2) is 4.98 Å². The summed E-state index contributed by atoms with van der Waals surface area (Å²) in [5.41, 5.74) is 1.07. The second kappa shape index (κ2) is 7.65. The molecule has 1 aromatic rings. The van der Waals surface area contributed by atoms with Crippen molar-refractivity contribution < 1.29 is 14.6 Å². The number of aliphatic hydroxyl groups is 1. The SMILES string of the molecule is C[C@@H]1CCC=C2C[C@H]3OC(=O)[C@H](CN4CCN(c5ccccn5)CC4)[C@@H]3[C@H](O)[C@@]21C. The number of rotatable bonds is 3. The summed E-state index contributed by atoms with van der Waals surface area (Å²) in [4.78, 5) is 21.9. The second-order valence-corrected chi connectivity index (χ2v) is 9.77. The first kappa shape index (κ1) is 20.0. The molecule has 2 aliphatic heterocycles. The van der Waals surface area contributed by atoms with E-state index in [1.54, 1.807) is 0 Å². The quantitative estimate of drug-likeness (QED) is 0.609. The molecule has 6 atom stereocenters. The number of piperazine rings is 1. The smallest absolute Gasteiger partial charge is 0.311 e. The number of ether oxygens (including phenoxy) is 1. The first-order valence-electron chi connectivity index (χ1n) is 11.4. The molecular formula is C24H33N3O3. The summed E-state index contributed by atoms with van der Waals surface area (Å²) in [7, 11) is 0. The molecule has 1 saturated carbocycles. The van der Waals surface area contributed by atoms with E-state index in [0.717, 1.165) is 51.3 Å². The highest BCUT2D eigenvalue weighted by Gasteiger charge is 2.59. The predicted molar refractivity (Wildman–Crippen MR) is 115 cm³/mol. The molecule has 2 aliphatic carbocycles. The van der Waals surface area contributed by atoms with E-state index >= 15 is 0 Å². The first-order chi connectivity index (χ1) is 14.5. The predicted octanol–water partition coefficient (Wildman–Crippen LogP) is 2.49. The van der Waals surface area contributed by atoms with Crippen LogP contribution in [0.5, 0.6) is 0 Å². The van der Waals surface area contributed by atoms with Gasteiger partial charge in [0, 0.05) is 56.7 Å². The molecule has 0 spiro atoms. The number of allylic oxidation sites excluding steroid dienone is 1. The zero-order valence-electron chi connectivity index (χ0n) is 18.0. The molecule has 3 fully saturated rings. The Morgan fingerprint density at radius 2 is 2.07 bits per heavy atom. The Labute approximate surface area is 178 Å². The zero-order valence-corrected chi connectivity index (χ0v) is 18.0. The van der Waals surface area contributed by atoms with Crippen LogP contribution in [0, 0.1) is 23.2 Å². The molecular weight excluding hydrogens is 378 g/mol. The Morgan fingerprint density at radius 3 is 2.80 bits per heavy atom. The van der Waals surface area contributed by atoms with Crippen molar-refractivity contribution in [2.24, 2.45) is 23.2 Å². The van der Waals surface area contributed by atoms with Crippen LogP contribution in [0.25, 0.3) is 0 Å². The average molecular weight is 412 g/mol. The van der Waals surface area contributed by atoms with Gasteiger partial charge in [-0.1, -0.05) is 31.6 Å². The maximum Gasteiger partial charge on any atom is 0.311 e. The number of carbonyl (C=O) groups is 1. The highest BCUT2D eigenvalue weighted by Crippen LogP contribution is 2.56. The summed E-state index contributed by atoms with van der Waals surface area (Å²) in [5, 5.41) is 11.5. The molecule has 0 radical (unpaired) electrons. The number of pyridine rings is 1. The molecule has 6 nitrogen and oxygen atoms in total. The summed E-state index contributed by atoms with van der Waals surface area (Å²) in [5.74, 6) is 0.977. The van der Waals surface area contributed by atoms with Gasteiger partial charge in [-0.15, -0.1) is 0 Å². The summed E-state index contributed by atoms with van der Waals surface area (Å²) >= 11 is 0. The van der Waals surface area contributed by atoms with Gasteiger partial charge in [0.2, 0.25) is 0 Å². The van der Waals surface area contributed by atoms with Gasteiger partial charge in [-0.05, 0) is 30.9 Å². The number of nitrogens with zero attached hydrogens (tertiary/aromatic N) is 3. The minimum atomic E-state index is -0.524. The minimum Gasteiger partial charge on any atom is -0.461 e. The van der Waals surface area contributed by atoms with Crippen molar-refractivity contribution in [3.05, 3.63) is 36.0 Å². The van der Waals surface area contributed by atoms with E-state index in [2.05, 4.69) is 34.7 Å². The van der Waals surface area contributed by atoms with Gasteiger partial charge in [-0.2, -0.15) is 0 Å². The lowest BCUT2D eigenvalue weighted by Crippen LogP contribution is -2.55. The van der Waals surface area contributed by atoms with Gasteiger partial charge in [-0.3, -0.25) is 9.69 Å². The van der Waals surface area contributed by atoms with Gasteiger partial charge >= 0.3 is 5.97 Å². The van der Waals surface area contributed by atoms with Crippen LogP contribution < -0.4 is 4.90 Å². The van der Waals surface area contributed by atoms with E-state index in [9.17, 15) is 9.90 Å². The fourth-order valence-electron chi connectivity index (χ4n) is 6.25. The number of hydrogen-bond acceptors (Lipinski definition) is 6. The van der Waals surface area contributed by atoms with Crippen LogP contribution in [0.1, 0.15) is 33.1 Å². The monoisotopic (exact) mass is 411 g/mol. The summed E-state index contributed by atoms with van der Waals surface area (Å²) < 4.78 is 5.82. The topological polar surface area (TPSA) is 65.9 Å². The number of esters is 1. The van der Waals surface area contributed by atoms with Crippen molar-refractivity contribution in [1.29, 1.82) is 0 Å². The third kappa shape index (κ3) is 3.16. The maximum atomic E-state index is 12.8. The summed E-state index contributed by atoms with van der Waals surface area (Å²) in [6.07, 6.45) is 6.38. The highest BCUT2D eigenvalue weighted by molar-refractivity contribution is 5.76. The summed E-state index contributed by atoms with van der Waals surface area (Å²) in [6, 6.07) is 6.00. The zero-order chi connectivity index (χ0) is 20.9. The van der Waals surface area contributed by atoms with Gasteiger partial charge in [0.15, 0.2) is 0 Å². The fraction of sp³-hybridized carbons (Fsp3) is 0.667. The minimum absolute atomic E-state index is 0.103. The number of anilines is 1. The third-order valence-corrected chi connectivity index (χ3v) is 8.37. The van der Waals surface area contributed by atoms with Gasteiger partial charge in [0.25, 0.3) is 0 Å². The molecule has 0 aromatic carbocycles. The van der Waals surface area contributed by atoms with Crippen molar-refractivity contribution in [2.75, 3.05) is 37.6 Å². The van der Waals surface area contributed by atoms with Crippen molar-refractivity contribution in [3.8, 4) is 0 Å². The molecule has 162 valence electrons. The second-order valence-electron chi connectivity index (χ2n) is 9.77. The van der Waals surface area contributed by atoms with Crippen molar-refractivity contribution >= 4 is 11.8 Å². The van der Waals surface area contributed by atoms with Crippen molar-refractivity contribution in [1.82, 2.24) is 9.88 Å². The molecule has 0 unspecified atom stereocenters. The summed E-state index contributed by atoms with van der Waals surface area (Å²) in [6.45, 7) is 8.72. The molecule has 1 N–H and O–H groups in total. The fourth-order valence-corrected chi connectivity index (χ4v) is 6.25. The molecule has 0 amide bonds. The molecule has 5 rings (SSSR count). The Hall–Kier alpha value is -1.92. The van der Waals surface area contributed by atoms with E-state index in [-0.39, 0.29) is 29.3 Å². The van der Waals surface area contributed by atoms with Crippen molar-refractivity contribution in [2.45, 2.75) is 45.3 Å². The third-order valence-electron chi connectivity index (χ3n) is 8.37. The van der Waals surface area contributed by atoms with Crippen LogP contribution in [-0.2, 0) is 9.53 Å². The molecule has 6 heteroatoms. The number of fused-ring (bicyclic) bond motifs is 2. The normalized spacial score (nSPS) is 39.2. The Morgan fingerprint density at radius 1 is 1.27 bits per heavy atom. The van der Waals surface area contributed by atoms with Crippen LogP contribution in [0.3, 0.4) is 0 Å². The largest absolute Gasteiger partial charge is 0.461 e. The molecule has 2 saturated heterocycles. The van der Waals surface area contributed by atoms with Crippen LogP contribution in [0.4, 0.5) is 5.82 Å². The number of aromatic nitrogens is 1. The number of aliphatic hydroxyl groups excluding tert-OH is 1. The molecule has 4 aliphatic rings. The number of hydrogen-bond donors (Lipinski definition) is 1.